The van der Waals surface area contributed by atoms with Gasteiger partial charge < -0.3 is 10.6 Å². The molecule has 2 N–H and O–H groups in total. The molecule has 4 nitrogen and oxygen atoms in total. The van der Waals surface area contributed by atoms with Crippen molar-refractivity contribution in [2.45, 2.75) is 59.2 Å². The van der Waals surface area contributed by atoms with Crippen LogP contribution in [0.25, 0.3) is 0 Å². The van der Waals surface area contributed by atoms with Crippen LogP contribution in [0.5, 0.6) is 0 Å². The van der Waals surface area contributed by atoms with Crippen LogP contribution in [-0.4, -0.2) is 53.0 Å². The summed E-state index contributed by atoms with van der Waals surface area (Å²) in [4.78, 5) is 16.7. The molecule has 0 saturated carbocycles. The Bertz CT molecular complexity index is 294. The van der Waals surface area contributed by atoms with E-state index in [0.717, 1.165) is 19.6 Å². The maximum absolute atomic E-state index is 12.2. The second kappa shape index (κ2) is 5.57. The van der Waals surface area contributed by atoms with Crippen molar-refractivity contribution in [2.75, 3.05) is 19.6 Å². The van der Waals surface area contributed by atoms with Crippen molar-refractivity contribution < 1.29 is 4.79 Å². The Morgan fingerprint density at radius 1 is 1.22 bits per heavy atom. The van der Waals surface area contributed by atoms with Crippen LogP contribution in [0.4, 0.5) is 0 Å². The average Bonchev–Trinajstić information content (AvgIpc) is 2.25. The van der Waals surface area contributed by atoms with Crippen molar-refractivity contribution >= 4 is 5.91 Å². The molecule has 0 bridgehead atoms. The zero-order valence-corrected chi connectivity index (χ0v) is 12.7. The van der Waals surface area contributed by atoms with Gasteiger partial charge in [0.2, 0.25) is 5.91 Å². The van der Waals surface area contributed by atoms with Gasteiger partial charge in [0.05, 0.1) is 5.54 Å². The Kier molecular flexibility index (Phi) is 4.78. The van der Waals surface area contributed by atoms with E-state index < -0.39 is 5.54 Å². The maximum Gasteiger partial charge on any atom is 0.242 e. The first-order chi connectivity index (χ1) is 8.14. The average molecular weight is 255 g/mol. The van der Waals surface area contributed by atoms with Gasteiger partial charge in [0.15, 0.2) is 0 Å². The molecule has 1 aliphatic rings. The highest BCUT2D eigenvalue weighted by molar-refractivity contribution is 5.85. The van der Waals surface area contributed by atoms with E-state index in [9.17, 15) is 4.79 Å². The smallest absolute Gasteiger partial charge is 0.242 e. The van der Waals surface area contributed by atoms with Gasteiger partial charge in [-0.05, 0) is 33.6 Å². The number of hydrogen-bond acceptors (Lipinski definition) is 3. The molecule has 1 saturated heterocycles. The molecule has 0 aromatic carbocycles. The molecule has 1 heterocycles. The molecule has 106 valence electrons. The van der Waals surface area contributed by atoms with Gasteiger partial charge in [-0.1, -0.05) is 13.8 Å². The van der Waals surface area contributed by atoms with Gasteiger partial charge in [0.1, 0.15) is 0 Å². The van der Waals surface area contributed by atoms with E-state index in [4.69, 9.17) is 5.73 Å². The highest BCUT2D eigenvalue weighted by Crippen LogP contribution is 2.21. The molecule has 0 aromatic rings. The van der Waals surface area contributed by atoms with Gasteiger partial charge in [-0.25, -0.2) is 0 Å². The van der Waals surface area contributed by atoms with Crippen LogP contribution >= 0.6 is 0 Å². The second-order valence-electron chi connectivity index (χ2n) is 6.62. The molecule has 1 fully saturated rings. The Morgan fingerprint density at radius 2 is 1.78 bits per heavy atom. The maximum atomic E-state index is 12.2. The fourth-order valence-electron chi connectivity index (χ4n) is 2.65. The van der Waals surface area contributed by atoms with Gasteiger partial charge >= 0.3 is 0 Å². The minimum Gasteiger partial charge on any atom is -0.338 e. The molecule has 0 aliphatic carbocycles. The standard InChI is InChI=1S/C14H29N3O/c1-10(2)12-9-16(13(18)14(5,6)15)7-8-17(12)11(3)4/h10-12H,7-9,15H2,1-6H3/t12-/m0/s1. The molecule has 1 rings (SSSR count). The summed E-state index contributed by atoms with van der Waals surface area (Å²) in [6.07, 6.45) is 0. The summed E-state index contributed by atoms with van der Waals surface area (Å²) in [6.45, 7) is 15.0. The van der Waals surface area contributed by atoms with E-state index in [-0.39, 0.29) is 5.91 Å². The Hall–Kier alpha value is -0.610. The fraction of sp³-hybridized carbons (Fsp3) is 0.929. The fourth-order valence-corrected chi connectivity index (χ4v) is 2.65. The normalized spacial score (nSPS) is 22.9. The third-order valence-electron chi connectivity index (χ3n) is 3.73. The van der Waals surface area contributed by atoms with E-state index >= 15 is 0 Å². The predicted molar refractivity (Wildman–Crippen MR) is 75.3 cm³/mol. The molecule has 0 radical (unpaired) electrons. The van der Waals surface area contributed by atoms with E-state index in [2.05, 4.69) is 32.6 Å². The second-order valence-corrected chi connectivity index (χ2v) is 6.62. The van der Waals surface area contributed by atoms with Gasteiger partial charge in [-0.2, -0.15) is 0 Å². The first-order valence-corrected chi connectivity index (χ1v) is 6.98. The highest BCUT2D eigenvalue weighted by Gasteiger charge is 2.36. The summed E-state index contributed by atoms with van der Waals surface area (Å²) in [5.74, 6) is 0.612. The topological polar surface area (TPSA) is 49.6 Å². The number of piperazine rings is 1. The van der Waals surface area contributed by atoms with Crippen molar-refractivity contribution in [1.29, 1.82) is 0 Å². The van der Waals surface area contributed by atoms with Gasteiger partial charge in [0, 0.05) is 31.7 Å². The number of rotatable bonds is 3. The zero-order valence-electron chi connectivity index (χ0n) is 12.7. The summed E-state index contributed by atoms with van der Waals surface area (Å²) in [6, 6.07) is 0.964. The molecule has 18 heavy (non-hydrogen) atoms. The third kappa shape index (κ3) is 3.45. The van der Waals surface area contributed by atoms with E-state index in [0.29, 0.717) is 18.0 Å². The van der Waals surface area contributed by atoms with Gasteiger partial charge in [0.25, 0.3) is 0 Å². The predicted octanol–water partition coefficient (Wildman–Crippen LogP) is 1.30. The first kappa shape index (κ1) is 15.4. The quantitative estimate of drug-likeness (QED) is 0.827. The van der Waals surface area contributed by atoms with Crippen LogP contribution in [0.1, 0.15) is 41.5 Å². The van der Waals surface area contributed by atoms with Crippen LogP contribution in [0.15, 0.2) is 0 Å². The van der Waals surface area contributed by atoms with Crippen molar-refractivity contribution in [1.82, 2.24) is 9.80 Å². The largest absolute Gasteiger partial charge is 0.338 e. The van der Waals surface area contributed by atoms with E-state index in [1.165, 1.54) is 0 Å². The molecular formula is C14H29N3O. The number of nitrogens with zero attached hydrogens (tertiary/aromatic N) is 2. The summed E-state index contributed by atoms with van der Waals surface area (Å²) in [5.41, 5.74) is 5.16. The minimum absolute atomic E-state index is 0.0663. The number of nitrogens with two attached hydrogens (primary N) is 1. The lowest BCUT2D eigenvalue weighted by molar-refractivity contribution is -0.140. The lowest BCUT2D eigenvalue weighted by Crippen LogP contribution is -2.62. The molecule has 4 heteroatoms. The van der Waals surface area contributed by atoms with E-state index in [1.807, 2.05) is 4.90 Å². The van der Waals surface area contributed by atoms with Crippen LogP contribution in [0.2, 0.25) is 0 Å². The first-order valence-electron chi connectivity index (χ1n) is 6.98. The molecular weight excluding hydrogens is 226 g/mol. The highest BCUT2D eigenvalue weighted by atomic mass is 16.2. The Labute approximate surface area is 111 Å². The van der Waals surface area contributed by atoms with Crippen molar-refractivity contribution in [3.63, 3.8) is 0 Å². The molecule has 1 amide bonds. The molecule has 0 spiro atoms. The van der Waals surface area contributed by atoms with E-state index in [1.54, 1.807) is 13.8 Å². The monoisotopic (exact) mass is 255 g/mol. The van der Waals surface area contributed by atoms with Crippen molar-refractivity contribution in [3.8, 4) is 0 Å². The number of carbonyl (C=O) groups is 1. The third-order valence-corrected chi connectivity index (χ3v) is 3.73. The van der Waals surface area contributed by atoms with Crippen LogP contribution < -0.4 is 5.73 Å². The SMILES string of the molecule is CC(C)[C@@H]1CN(C(=O)C(C)(C)N)CCN1C(C)C. The lowest BCUT2D eigenvalue weighted by atomic mass is 9.96. The van der Waals surface area contributed by atoms with Gasteiger partial charge in [-0.15, -0.1) is 0 Å². The lowest BCUT2D eigenvalue weighted by Gasteiger charge is -2.46. The number of carbonyl (C=O) groups excluding carboxylic acids is 1. The Morgan fingerprint density at radius 3 is 2.17 bits per heavy atom. The summed E-state index contributed by atoms with van der Waals surface area (Å²) >= 11 is 0. The minimum atomic E-state index is -0.762. The van der Waals surface area contributed by atoms with Gasteiger partial charge in [-0.3, -0.25) is 9.69 Å². The molecule has 1 atom stereocenters. The van der Waals surface area contributed by atoms with Crippen LogP contribution in [0.3, 0.4) is 0 Å². The van der Waals surface area contributed by atoms with Crippen LogP contribution in [0, 0.1) is 5.92 Å². The van der Waals surface area contributed by atoms with Crippen molar-refractivity contribution in [2.24, 2.45) is 11.7 Å². The molecule has 0 aromatic heterocycles. The summed E-state index contributed by atoms with van der Waals surface area (Å²) < 4.78 is 0. The Balaban J connectivity index is 2.78. The summed E-state index contributed by atoms with van der Waals surface area (Å²) in [5, 5.41) is 0. The zero-order chi connectivity index (χ0) is 14.1. The molecule has 1 aliphatic heterocycles. The van der Waals surface area contributed by atoms with Crippen molar-refractivity contribution in [3.05, 3.63) is 0 Å². The van der Waals surface area contributed by atoms with Crippen LogP contribution in [-0.2, 0) is 4.79 Å². The number of amides is 1. The summed E-state index contributed by atoms with van der Waals surface area (Å²) in [7, 11) is 0. The molecule has 0 unspecified atom stereocenters. The number of hydrogen-bond donors (Lipinski definition) is 1.